The molecule has 0 fully saturated rings. The van der Waals surface area contributed by atoms with E-state index in [-0.39, 0.29) is 0 Å². The van der Waals surface area contributed by atoms with Crippen molar-refractivity contribution in [1.29, 1.82) is 0 Å². The van der Waals surface area contributed by atoms with E-state index in [0.29, 0.717) is 0 Å². The van der Waals surface area contributed by atoms with Crippen molar-refractivity contribution in [2.45, 2.75) is 79.1 Å². The standard InChI is InChI=1S/C35H39N5/c1-5-10-22-16-32-26-14-9-15-27(36-26)33-17-23(11-6-2)29(38-33)21-31-25(13-8-4)19-35(40-31)34-18-24(12-7-3)30(39-34)20-28(22)37-32/h9,14-21,37-38H,5-8,10-13H2,1-4H3. The number of fused-ring (bicyclic) bond motifs is 11. The zero-order chi connectivity index (χ0) is 27.6. The van der Waals surface area contributed by atoms with Crippen molar-refractivity contribution >= 4 is 23.6 Å². The summed E-state index contributed by atoms with van der Waals surface area (Å²) in [6, 6.07) is 10.8. The molecule has 3 aromatic rings. The van der Waals surface area contributed by atoms with Gasteiger partial charge in [0.05, 0.1) is 45.6 Å². The number of hydrogen-bond acceptors (Lipinski definition) is 3. The molecule has 0 saturated heterocycles. The molecule has 0 aliphatic carbocycles. The first-order chi connectivity index (χ1) is 19.6. The average Bonchev–Trinajstić information content (AvgIpc) is 3.73. The van der Waals surface area contributed by atoms with Crippen molar-refractivity contribution in [3.63, 3.8) is 0 Å². The summed E-state index contributed by atoms with van der Waals surface area (Å²) in [5, 5.41) is 0. The van der Waals surface area contributed by atoms with Crippen molar-refractivity contribution in [3.8, 4) is 22.8 Å². The van der Waals surface area contributed by atoms with Gasteiger partial charge >= 0.3 is 0 Å². The minimum atomic E-state index is 0.952. The molecule has 5 heteroatoms. The SMILES string of the molecule is CCCC1=CC2=NC1=Cc1[nH]c(cc1CCC)-c1cccc(n1)-c1cc(CCC)c([nH]1)C=C1N=C2C=C1CCC. The Balaban J connectivity index is 1.60. The van der Waals surface area contributed by atoms with E-state index < -0.39 is 0 Å². The van der Waals surface area contributed by atoms with E-state index in [2.05, 4.69) is 92.3 Å². The van der Waals surface area contributed by atoms with Crippen LogP contribution in [0.2, 0.25) is 0 Å². The van der Waals surface area contributed by atoms with Gasteiger partial charge in [0, 0.05) is 11.4 Å². The number of aryl methyl sites for hydroxylation is 2. The molecule has 0 spiro atoms. The largest absolute Gasteiger partial charge is 0.353 e. The highest BCUT2D eigenvalue weighted by molar-refractivity contribution is 6.52. The maximum atomic E-state index is 5.17. The van der Waals surface area contributed by atoms with Crippen LogP contribution in [0, 0.1) is 0 Å². The molecule has 0 amide bonds. The zero-order valence-corrected chi connectivity index (χ0v) is 24.2. The second-order valence-corrected chi connectivity index (χ2v) is 11.0. The molecule has 6 heterocycles. The molecule has 5 nitrogen and oxygen atoms in total. The van der Waals surface area contributed by atoms with E-state index in [1.165, 1.54) is 22.3 Å². The van der Waals surface area contributed by atoms with Crippen LogP contribution in [-0.2, 0) is 12.8 Å². The number of pyridine rings is 1. The van der Waals surface area contributed by atoms with Crippen molar-refractivity contribution in [2.75, 3.05) is 0 Å². The van der Waals surface area contributed by atoms with E-state index in [1.807, 2.05) is 0 Å². The van der Waals surface area contributed by atoms with Gasteiger partial charge in [-0.15, -0.1) is 0 Å². The molecule has 3 aromatic heterocycles. The molecule has 0 radical (unpaired) electrons. The Morgan fingerprint density at radius 3 is 1.45 bits per heavy atom. The molecule has 0 atom stereocenters. The van der Waals surface area contributed by atoms with Crippen LogP contribution >= 0.6 is 0 Å². The number of hydrogen-bond donors (Lipinski definition) is 2. The van der Waals surface area contributed by atoms with Crippen LogP contribution in [0.3, 0.4) is 0 Å². The summed E-state index contributed by atoms with van der Waals surface area (Å²) in [7, 11) is 0. The predicted octanol–water partition coefficient (Wildman–Crippen LogP) is 9.03. The van der Waals surface area contributed by atoms with Crippen LogP contribution in [0.5, 0.6) is 0 Å². The quantitative estimate of drug-likeness (QED) is 0.300. The predicted molar refractivity (Wildman–Crippen MR) is 169 cm³/mol. The Hall–Kier alpha value is -3.99. The minimum Gasteiger partial charge on any atom is -0.353 e. The molecule has 0 aromatic carbocycles. The van der Waals surface area contributed by atoms with Crippen LogP contribution in [0.15, 0.2) is 75.0 Å². The Morgan fingerprint density at radius 2 is 1.02 bits per heavy atom. The lowest BCUT2D eigenvalue weighted by Crippen LogP contribution is -2.04. The lowest BCUT2D eigenvalue weighted by atomic mass is 10.0. The van der Waals surface area contributed by atoms with Gasteiger partial charge in [-0.1, -0.05) is 59.4 Å². The maximum absolute atomic E-state index is 5.17. The van der Waals surface area contributed by atoms with Gasteiger partial charge in [-0.25, -0.2) is 15.0 Å². The van der Waals surface area contributed by atoms with Crippen LogP contribution in [0.4, 0.5) is 0 Å². The lowest BCUT2D eigenvalue weighted by molar-refractivity contribution is 0.913. The third-order valence-electron chi connectivity index (χ3n) is 7.83. The molecular formula is C35H39N5. The van der Waals surface area contributed by atoms with Crippen molar-refractivity contribution in [3.05, 3.63) is 87.5 Å². The van der Waals surface area contributed by atoms with E-state index >= 15 is 0 Å². The third kappa shape index (κ3) is 5.01. The van der Waals surface area contributed by atoms with Gasteiger partial charge in [-0.05, 0) is 96.5 Å². The lowest BCUT2D eigenvalue weighted by Gasteiger charge is -2.04. The summed E-state index contributed by atoms with van der Waals surface area (Å²) in [5.41, 5.74) is 15.4. The number of rotatable bonds is 8. The number of aromatic nitrogens is 3. The average molecular weight is 530 g/mol. The third-order valence-corrected chi connectivity index (χ3v) is 7.83. The van der Waals surface area contributed by atoms with Crippen LogP contribution in [-0.4, -0.2) is 26.4 Å². The minimum absolute atomic E-state index is 0.952. The van der Waals surface area contributed by atoms with Gasteiger partial charge in [-0.3, -0.25) is 0 Å². The number of aromatic amines is 2. The van der Waals surface area contributed by atoms with E-state index in [9.17, 15) is 0 Å². The number of nitrogens with zero attached hydrogens (tertiary/aromatic N) is 3. The Morgan fingerprint density at radius 1 is 0.575 bits per heavy atom. The van der Waals surface area contributed by atoms with E-state index in [1.54, 1.807) is 0 Å². The van der Waals surface area contributed by atoms with Gasteiger partial charge < -0.3 is 9.97 Å². The maximum Gasteiger partial charge on any atom is 0.0897 e. The Labute approximate surface area is 237 Å². The molecule has 40 heavy (non-hydrogen) atoms. The van der Waals surface area contributed by atoms with Crippen molar-refractivity contribution in [2.24, 2.45) is 9.98 Å². The fourth-order valence-corrected chi connectivity index (χ4v) is 5.92. The first-order valence-electron chi connectivity index (χ1n) is 15.0. The van der Waals surface area contributed by atoms with Crippen LogP contribution < -0.4 is 0 Å². The topological polar surface area (TPSA) is 69.2 Å². The summed E-state index contributed by atoms with van der Waals surface area (Å²) in [6.07, 6.45) is 17.3. The fourth-order valence-electron chi connectivity index (χ4n) is 5.92. The number of allylic oxidation sites excluding steroid dienone is 4. The molecular weight excluding hydrogens is 490 g/mol. The molecule has 3 aliphatic heterocycles. The zero-order valence-electron chi connectivity index (χ0n) is 24.2. The van der Waals surface area contributed by atoms with Crippen molar-refractivity contribution in [1.82, 2.24) is 15.0 Å². The van der Waals surface area contributed by atoms with Crippen LogP contribution in [0.25, 0.3) is 34.9 Å². The molecule has 3 aliphatic rings. The molecule has 0 unspecified atom stereocenters. The number of aliphatic imine (C=N–C) groups is 2. The summed E-state index contributed by atoms with van der Waals surface area (Å²) < 4.78 is 0. The van der Waals surface area contributed by atoms with Gasteiger partial charge in [0.25, 0.3) is 0 Å². The van der Waals surface area contributed by atoms with Gasteiger partial charge in [0.2, 0.25) is 0 Å². The highest BCUT2D eigenvalue weighted by Gasteiger charge is 2.23. The molecule has 204 valence electrons. The first kappa shape index (κ1) is 26.2. The van der Waals surface area contributed by atoms with Gasteiger partial charge in [0.1, 0.15) is 0 Å². The van der Waals surface area contributed by atoms with Crippen LogP contribution in [0.1, 0.15) is 88.7 Å². The normalized spacial score (nSPS) is 15.7. The summed E-state index contributed by atoms with van der Waals surface area (Å²) in [6.45, 7) is 8.92. The van der Waals surface area contributed by atoms with Gasteiger partial charge in [-0.2, -0.15) is 0 Å². The second kappa shape index (κ2) is 11.2. The monoisotopic (exact) mass is 529 g/mol. The van der Waals surface area contributed by atoms with E-state index in [4.69, 9.17) is 15.0 Å². The first-order valence-corrected chi connectivity index (χ1v) is 15.0. The summed E-state index contributed by atoms with van der Waals surface area (Å²) >= 11 is 0. The number of H-pyrrole nitrogens is 2. The van der Waals surface area contributed by atoms with Crippen molar-refractivity contribution < 1.29 is 0 Å². The second-order valence-electron chi connectivity index (χ2n) is 11.0. The number of nitrogens with one attached hydrogen (secondary N) is 2. The van der Waals surface area contributed by atoms with E-state index in [0.717, 1.165) is 108 Å². The molecule has 10 bridgehead atoms. The Kier molecular flexibility index (Phi) is 7.38. The summed E-state index contributed by atoms with van der Waals surface area (Å²) in [5.74, 6) is 0. The fraction of sp³-hybridized carbons (Fsp3) is 0.343. The highest BCUT2D eigenvalue weighted by Crippen LogP contribution is 2.34. The van der Waals surface area contributed by atoms with Gasteiger partial charge in [0.15, 0.2) is 0 Å². The summed E-state index contributed by atoms with van der Waals surface area (Å²) in [4.78, 5) is 22.9. The molecule has 2 N–H and O–H groups in total. The highest BCUT2D eigenvalue weighted by atomic mass is 14.9. The molecule has 6 rings (SSSR count). The smallest absolute Gasteiger partial charge is 0.0897 e. The Bertz CT molecular complexity index is 1510. The molecule has 0 saturated carbocycles.